The predicted molar refractivity (Wildman–Crippen MR) is 136 cm³/mol. The van der Waals surface area contributed by atoms with Crippen molar-refractivity contribution in [2.24, 2.45) is 0 Å². The Bertz CT molecular complexity index is 1410. The second kappa shape index (κ2) is 10.3. The first kappa shape index (κ1) is 25.6. The Kier molecular flexibility index (Phi) is 7.11. The van der Waals surface area contributed by atoms with Crippen molar-refractivity contribution in [1.29, 1.82) is 0 Å². The monoisotopic (exact) mass is 503 g/mol. The Morgan fingerprint density at radius 2 is 1.73 bits per heavy atom. The normalized spacial score (nSPS) is 16.8. The summed E-state index contributed by atoms with van der Waals surface area (Å²) in [5.41, 5.74) is 1.80. The molecule has 37 heavy (non-hydrogen) atoms. The van der Waals surface area contributed by atoms with Crippen LogP contribution in [0.3, 0.4) is 0 Å². The second-order valence-corrected chi connectivity index (χ2v) is 8.93. The van der Waals surface area contributed by atoms with E-state index >= 15 is 0 Å². The summed E-state index contributed by atoms with van der Waals surface area (Å²) in [6.45, 7) is 5.34. The molecule has 1 amide bonds. The van der Waals surface area contributed by atoms with E-state index in [4.69, 9.17) is 9.47 Å². The number of carbonyl (C=O) groups excluding carboxylic acids is 3. The molecule has 0 aliphatic carbocycles. The molecule has 1 fully saturated rings. The summed E-state index contributed by atoms with van der Waals surface area (Å²) in [7, 11) is 1.35. The number of anilines is 1. The molecule has 0 radical (unpaired) electrons. The summed E-state index contributed by atoms with van der Waals surface area (Å²) in [5, 5.41) is 11.3. The number of rotatable bonds is 6. The first-order valence-corrected chi connectivity index (χ1v) is 11.6. The van der Waals surface area contributed by atoms with Gasteiger partial charge in [0.2, 0.25) is 0 Å². The van der Waals surface area contributed by atoms with Crippen molar-refractivity contribution in [3.05, 3.63) is 100 Å². The van der Waals surface area contributed by atoms with Crippen LogP contribution in [0.25, 0.3) is 5.76 Å². The molecule has 8 heteroatoms. The van der Waals surface area contributed by atoms with Gasteiger partial charge in [-0.3, -0.25) is 14.5 Å². The Hall–Kier alpha value is -4.46. The Morgan fingerprint density at radius 1 is 1.03 bits per heavy atom. The van der Waals surface area contributed by atoms with Gasteiger partial charge in [-0.2, -0.15) is 0 Å². The summed E-state index contributed by atoms with van der Waals surface area (Å²) in [5.74, 6) is -3.38. The average Bonchev–Trinajstić information content (AvgIpc) is 3.13. The fourth-order valence-electron chi connectivity index (χ4n) is 4.31. The molecule has 3 aromatic rings. The standard InChI is InChI=1S/C29H26FNO6/c1-16(2)37-29(35)18-8-11-21(12-9-18)31-25(19-7-5-6-17(3)14-19)24(27(33)28(31)34)26(32)22-15-20(30)10-13-23(22)36-4/h5-16,25,32H,1-4H3/b26-24+. The highest BCUT2D eigenvalue weighted by atomic mass is 19.1. The summed E-state index contributed by atoms with van der Waals surface area (Å²) >= 11 is 0. The van der Waals surface area contributed by atoms with Crippen molar-refractivity contribution in [3.8, 4) is 5.75 Å². The van der Waals surface area contributed by atoms with Crippen LogP contribution in [0.4, 0.5) is 10.1 Å². The van der Waals surface area contributed by atoms with Crippen molar-refractivity contribution in [3.63, 3.8) is 0 Å². The van der Waals surface area contributed by atoms with Gasteiger partial charge in [0.15, 0.2) is 0 Å². The van der Waals surface area contributed by atoms with Crippen LogP contribution in [-0.2, 0) is 14.3 Å². The maximum absolute atomic E-state index is 14.1. The van der Waals surface area contributed by atoms with Crippen molar-refractivity contribution < 1.29 is 33.4 Å². The number of carbonyl (C=O) groups is 3. The molecule has 1 N–H and O–H groups in total. The van der Waals surface area contributed by atoms with Gasteiger partial charge in [0.25, 0.3) is 11.7 Å². The third-order valence-corrected chi connectivity index (χ3v) is 5.94. The number of ketones is 1. The summed E-state index contributed by atoms with van der Waals surface area (Å²) in [4.78, 5) is 40.2. The molecule has 1 unspecified atom stereocenters. The van der Waals surface area contributed by atoms with Crippen LogP contribution < -0.4 is 9.64 Å². The van der Waals surface area contributed by atoms with Crippen LogP contribution in [0.2, 0.25) is 0 Å². The number of aryl methyl sites for hydroxylation is 1. The van der Waals surface area contributed by atoms with Gasteiger partial charge in [-0.25, -0.2) is 9.18 Å². The number of amides is 1. The van der Waals surface area contributed by atoms with Crippen LogP contribution in [0, 0.1) is 12.7 Å². The fraction of sp³-hybridized carbons (Fsp3) is 0.207. The third-order valence-electron chi connectivity index (χ3n) is 5.94. The second-order valence-electron chi connectivity index (χ2n) is 8.93. The lowest BCUT2D eigenvalue weighted by Gasteiger charge is -2.26. The molecule has 7 nitrogen and oxygen atoms in total. The highest BCUT2D eigenvalue weighted by Crippen LogP contribution is 2.43. The molecule has 1 saturated heterocycles. The van der Waals surface area contributed by atoms with Crippen LogP contribution in [0.5, 0.6) is 5.75 Å². The minimum atomic E-state index is -1.01. The third kappa shape index (κ3) is 4.95. The highest BCUT2D eigenvalue weighted by Gasteiger charge is 2.47. The largest absolute Gasteiger partial charge is 0.507 e. The Balaban J connectivity index is 1.89. The van der Waals surface area contributed by atoms with Gasteiger partial charge in [-0.05, 0) is 68.8 Å². The molecular weight excluding hydrogens is 477 g/mol. The van der Waals surface area contributed by atoms with Crippen LogP contribution in [0.15, 0.2) is 72.3 Å². The van der Waals surface area contributed by atoms with Crippen LogP contribution >= 0.6 is 0 Å². The molecule has 0 spiro atoms. The van der Waals surface area contributed by atoms with Gasteiger partial charge in [0, 0.05) is 5.69 Å². The maximum atomic E-state index is 14.1. The highest BCUT2D eigenvalue weighted by molar-refractivity contribution is 6.51. The zero-order valence-corrected chi connectivity index (χ0v) is 20.8. The summed E-state index contributed by atoms with van der Waals surface area (Å²) in [6, 6.07) is 15.8. The number of aliphatic hydroxyl groups is 1. The van der Waals surface area contributed by atoms with Gasteiger partial charge in [-0.15, -0.1) is 0 Å². The lowest BCUT2D eigenvalue weighted by molar-refractivity contribution is -0.132. The lowest BCUT2D eigenvalue weighted by Crippen LogP contribution is -2.29. The number of methoxy groups -OCH3 is 1. The Labute approximate surface area is 213 Å². The van der Waals surface area contributed by atoms with Gasteiger partial charge in [0.05, 0.1) is 36.0 Å². The van der Waals surface area contributed by atoms with Crippen molar-refractivity contribution in [2.75, 3.05) is 12.0 Å². The van der Waals surface area contributed by atoms with E-state index in [1.165, 1.54) is 42.3 Å². The molecule has 190 valence electrons. The predicted octanol–water partition coefficient (Wildman–Crippen LogP) is 5.33. The van der Waals surface area contributed by atoms with Gasteiger partial charge >= 0.3 is 5.97 Å². The van der Waals surface area contributed by atoms with Crippen molar-refractivity contribution >= 4 is 29.1 Å². The first-order valence-electron chi connectivity index (χ1n) is 11.6. The van der Waals surface area contributed by atoms with E-state index in [1.54, 1.807) is 32.0 Å². The number of benzene rings is 3. The van der Waals surface area contributed by atoms with E-state index in [-0.39, 0.29) is 28.6 Å². The molecule has 1 aliphatic heterocycles. The molecule has 1 atom stereocenters. The number of nitrogens with zero attached hydrogens (tertiary/aromatic N) is 1. The molecule has 0 aromatic heterocycles. The number of aliphatic hydroxyl groups excluding tert-OH is 1. The molecule has 0 saturated carbocycles. The smallest absolute Gasteiger partial charge is 0.338 e. The van der Waals surface area contributed by atoms with Crippen LogP contribution in [-0.4, -0.2) is 36.0 Å². The number of hydrogen-bond donors (Lipinski definition) is 1. The van der Waals surface area contributed by atoms with E-state index in [0.717, 1.165) is 17.7 Å². The van der Waals surface area contributed by atoms with Crippen LogP contribution in [0.1, 0.15) is 46.9 Å². The number of hydrogen-bond acceptors (Lipinski definition) is 6. The lowest BCUT2D eigenvalue weighted by atomic mass is 9.94. The Morgan fingerprint density at radius 3 is 2.35 bits per heavy atom. The number of esters is 1. The molecule has 3 aromatic carbocycles. The van der Waals surface area contributed by atoms with Crippen molar-refractivity contribution in [2.45, 2.75) is 32.9 Å². The zero-order valence-electron chi connectivity index (χ0n) is 20.8. The average molecular weight is 504 g/mol. The van der Waals surface area contributed by atoms with Gasteiger partial charge < -0.3 is 14.6 Å². The van der Waals surface area contributed by atoms with E-state index in [2.05, 4.69) is 0 Å². The minimum Gasteiger partial charge on any atom is -0.507 e. The molecule has 4 rings (SSSR count). The number of halogens is 1. The van der Waals surface area contributed by atoms with E-state index in [9.17, 15) is 23.9 Å². The minimum absolute atomic E-state index is 0.0510. The summed E-state index contributed by atoms with van der Waals surface area (Å²) < 4.78 is 24.6. The fourth-order valence-corrected chi connectivity index (χ4v) is 4.31. The van der Waals surface area contributed by atoms with Gasteiger partial charge in [-0.1, -0.05) is 29.8 Å². The van der Waals surface area contributed by atoms with E-state index in [0.29, 0.717) is 11.3 Å². The number of Topliss-reactive ketones (excluding diaryl/α,β-unsaturated/α-hetero) is 1. The summed E-state index contributed by atoms with van der Waals surface area (Å²) in [6.07, 6.45) is -0.300. The van der Waals surface area contributed by atoms with E-state index in [1.807, 2.05) is 13.0 Å². The molecule has 0 bridgehead atoms. The first-order chi connectivity index (χ1) is 17.6. The van der Waals surface area contributed by atoms with E-state index < -0.39 is 35.3 Å². The number of ether oxygens (including phenoxy) is 2. The quantitative estimate of drug-likeness (QED) is 0.211. The molecular formula is C29H26FNO6. The SMILES string of the molecule is COc1ccc(F)cc1/C(O)=C1\C(=O)C(=O)N(c2ccc(C(=O)OC(C)C)cc2)C1c1cccc(C)c1. The topological polar surface area (TPSA) is 93.1 Å². The van der Waals surface area contributed by atoms with Crippen molar-refractivity contribution in [1.82, 2.24) is 0 Å². The maximum Gasteiger partial charge on any atom is 0.338 e. The van der Waals surface area contributed by atoms with Gasteiger partial charge in [0.1, 0.15) is 17.3 Å². The molecule has 1 heterocycles. The zero-order chi connectivity index (χ0) is 26.9. The molecule has 1 aliphatic rings.